The molecule has 1 saturated carbocycles. The van der Waals surface area contributed by atoms with Crippen LogP contribution < -0.4 is 0 Å². The average molecular weight is 340 g/mol. The molecule has 1 amide bonds. The summed E-state index contributed by atoms with van der Waals surface area (Å²) in [7, 11) is -1.38. The lowest BCUT2D eigenvalue weighted by atomic mass is 9.90. The first-order valence-electron chi connectivity index (χ1n) is 7.84. The van der Waals surface area contributed by atoms with Gasteiger partial charge in [0.05, 0.1) is 10.8 Å². The molecule has 0 aromatic heterocycles. The van der Waals surface area contributed by atoms with Crippen molar-refractivity contribution < 1.29 is 23.7 Å². The number of rotatable bonds is 4. The molecule has 7 nitrogen and oxygen atoms in total. The molecule has 3 rings (SSSR count). The van der Waals surface area contributed by atoms with E-state index in [1.807, 2.05) is 0 Å². The molecule has 2 atom stereocenters. The number of aliphatic carboxylic acids is 1. The second-order valence-corrected chi connectivity index (χ2v) is 7.76. The van der Waals surface area contributed by atoms with E-state index in [9.17, 15) is 18.9 Å². The highest BCUT2D eigenvalue weighted by Gasteiger charge is 2.54. The van der Waals surface area contributed by atoms with E-state index in [2.05, 4.69) is 5.16 Å². The minimum Gasteiger partial charge on any atom is -0.477 e. The zero-order valence-electron chi connectivity index (χ0n) is 13.0. The lowest BCUT2D eigenvalue weighted by Crippen LogP contribution is -2.66. The van der Waals surface area contributed by atoms with Crippen LogP contribution >= 0.6 is 0 Å². The summed E-state index contributed by atoms with van der Waals surface area (Å²) in [5.74, 6) is -1.12. The van der Waals surface area contributed by atoms with Gasteiger partial charge < -0.3 is 9.94 Å². The van der Waals surface area contributed by atoms with Crippen molar-refractivity contribution in [3.8, 4) is 0 Å². The smallest absolute Gasteiger partial charge is 0.352 e. The Kier molecular flexibility index (Phi) is 4.52. The molecular weight excluding hydrogens is 320 g/mol. The Morgan fingerprint density at radius 2 is 2.09 bits per heavy atom. The number of carbonyl (C=O) groups excluding carboxylic acids is 1. The number of hydrogen-bond donors (Lipinski definition) is 1. The number of carboxylic acid groups (broad SMARTS) is 1. The zero-order chi connectivity index (χ0) is 16.6. The zero-order valence-corrected chi connectivity index (χ0v) is 13.8. The Bertz CT molecular complexity index is 621. The van der Waals surface area contributed by atoms with Gasteiger partial charge in [-0.25, -0.2) is 4.79 Å². The molecule has 3 aliphatic rings. The number of fused-ring (bicyclic) bond motifs is 1. The molecule has 0 aromatic carbocycles. The van der Waals surface area contributed by atoms with Crippen molar-refractivity contribution in [2.24, 2.45) is 11.1 Å². The van der Waals surface area contributed by atoms with Crippen LogP contribution in [0.4, 0.5) is 0 Å². The van der Waals surface area contributed by atoms with Crippen LogP contribution in [-0.4, -0.2) is 49.5 Å². The van der Waals surface area contributed by atoms with Gasteiger partial charge in [0.15, 0.2) is 11.1 Å². The molecule has 2 fully saturated rings. The fraction of sp³-hybridized carbons (Fsp3) is 0.667. The van der Waals surface area contributed by atoms with Crippen LogP contribution in [0.15, 0.2) is 16.4 Å². The van der Waals surface area contributed by atoms with Crippen molar-refractivity contribution >= 4 is 28.4 Å². The first kappa shape index (κ1) is 16.2. The molecule has 0 bridgehead atoms. The number of amides is 1. The molecule has 0 radical (unpaired) electrons. The first-order valence-corrected chi connectivity index (χ1v) is 9.22. The summed E-state index contributed by atoms with van der Waals surface area (Å²) in [4.78, 5) is 29.9. The normalized spacial score (nSPS) is 30.2. The Hall–Kier alpha value is -1.70. The van der Waals surface area contributed by atoms with Crippen molar-refractivity contribution in [2.75, 3.05) is 12.4 Å². The van der Waals surface area contributed by atoms with Crippen LogP contribution in [0.3, 0.4) is 0 Å². The minimum atomic E-state index is -1.38. The van der Waals surface area contributed by atoms with Gasteiger partial charge in [0.1, 0.15) is 12.3 Å². The van der Waals surface area contributed by atoms with E-state index in [0.29, 0.717) is 18.1 Å². The fourth-order valence-corrected chi connectivity index (χ4v) is 4.91. The summed E-state index contributed by atoms with van der Waals surface area (Å²) in [6.07, 6.45) is 5.84. The Labute approximate surface area is 136 Å². The molecule has 0 spiro atoms. The van der Waals surface area contributed by atoms with Crippen molar-refractivity contribution in [1.29, 1.82) is 0 Å². The SMILES string of the molecule is CC1=C(C(=O)O)N2C(=O)/C(=N/OCC3CCCCC3)[C@H]2S(=O)C1. The molecular formula is C15H20N2O5S. The van der Waals surface area contributed by atoms with Gasteiger partial charge in [-0.1, -0.05) is 24.4 Å². The van der Waals surface area contributed by atoms with Crippen molar-refractivity contribution in [1.82, 2.24) is 4.90 Å². The van der Waals surface area contributed by atoms with Crippen LogP contribution in [0.2, 0.25) is 0 Å². The maximum atomic E-state index is 12.2. The maximum Gasteiger partial charge on any atom is 0.352 e. The van der Waals surface area contributed by atoms with E-state index in [1.165, 1.54) is 19.3 Å². The standard InChI is InChI=1S/C15H20N2O5S/c1-9-8-23(21)14-11(13(18)17(14)12(9)15(19)20)16-22-7-10-5-3-2-4-6-10/h10,14H,2-8H2,1H3,(H,19,20)/b16-11-/t14-,23?/m1/s1. The second-order valence-electron chi connectivity index (χ2n) is 6.26. The summed E-state index contributed by atoms with van der Waals surface area (Å²) in [5, 5.41) is 12.3. The third-order valence-corrected chi connectivity index (χ3v) is 6.21. The van der Waals surface area contributed by atoms with Gasteiger partial charge in [-0.05, 0) is 31.3 Å². The molecule has 1 aliphatic carbocycles. The quantitative estimate of drug-likeness (QED) is 0.613. The van der Waals surface area contributed by atoms with E-state index in [4.69, 9.17) is 4.84 Å². The number of oxime groups is 1. The first-order chi connectivity index (χ1) is 11.0. The highest BCUT2D eigenvalue weighted by atomic mass is 32.2. The highest BCUT2D eigenvalue weighted by Crippen LogP contribution is 2.33. The van der Waals surface area contributed by atoms with Gasteiger partial charge in [0.25, 0.3) is 5.91 Å². The Morgan fingerprint density at radius 1 is 1.39 bits per heavy atom. The monoisotopic (exact) mass is 340 g/mol. The van der Waals surface area contributed by atoms with Crippen LogP contribution in [0.5, 0.6) is 0 Å². The number of β-lactam (4-membered cyclic amide) rings is 1. The van der Waals surface area contributed by atoms with E-state index >= 15 is 0 Å². The minimum absolute atomic E-state index is 0.0744. The van der Waals surface area contributed by atoms with Gasteiger partial charge in [-0.2, -0.15) is 0 Å². The average Bonchev–Trinajstić information content (AvgIpc) is 2.52. The van der Waals surface area contributed by atoms with Crippen LogP contribution in [0.25, 0.3) is 0 Å². The second kappa shape index (κ2) is 6.43. The lowest BCUT2D eigenvalue weighted by Gasteiger charge is -2.43. The Morgan fingerprint density at radius 3 is 2.74 bits per heavy atom. The third kappa shape index (κ3) is 2.91. The molecule has 2 heterocycles. The Balaban J connectivity index is 1.69. The van der Waals surface area contributed by atoms with Crippen LogP contribution in [0, 0.1) is 5.92 Å². The van der Waals surface area contributed by atoms with E-state index < -0.39 is 28.0 Å². The number of hydrogen-bond acceptors (Lipinski definition) is 5. The third-order valence-electron chi connectivity index (χ3n) is 4.56. The number of nitrogens with zero attached hydrogens (tertiary/aromatic N) is 2. The molecule has 1 saturated heterocycles. The van der Waals surface area contributed by atoms with Crippen molar-refractivity contribution in [3.05, 3.63) is 11.3 Å². The van der Waals surface area contributed by atoms with Crippen molar-refractivity contribution in [3.63, 3.8) is 0 Å². The van der Waals surface area contributed by atoms with Gasteiger partial charge >= 0.3 is 5.97 Å². The molecule has 23 heavy (non-hydrogen) atoms. The predicted molar refractivity (Wildman–Crippen MR) is 83.9 cm³/mol. The predicted octanol–water partition coefficient (Wildman–Crippen LogP) is 1.23. The molecule has 126 valence electrons. The van der Waals surface area contributed by atoms with Crippen LogP contribution in [-0.2, 0) is 25.2 Å². The summed E-state index contributed by atoms with van der Waals surface area (Å²) < 4.78 is 12.2. The summed E-state index contributed by atoms with van der Waals surface area (Å²) in [6.45, 7) is 2.04. The van der Waals surface area contributed by atoms with Gasteiger partial charge in [0, 0.05) is 5.75 Å². The summed E-state index contributed by atoms with van der Waals surface area (Å²) >= 11 is 0. The molecule has 8 heteroatoms. The fourth-order valence-electron chi connectivity index (χ4n) is 3.35. The number of carbonyl (C=O) groups is 2. The van der Waals surface area contributed by atoms with E-state index in [0.717, 1.165) is 17.7 Å². The lowest BCUT2D eigenvalue weighted by molar-refractivity contribution is -0.139. The molecule has 2 aliphatic heterocycles. The molecule has 1 N–H and O–H groups in total. The topological polar surface area (TPSA) is 96.3 Å². The van der Waals surface area contributed by atoms with Gasteiger partial charge in [0.2, 0.25) is 0 Å². The summed E-state index contributed by atoms with van der Waals surface area (Å²) in [6, 6.07) is 0. The number of carboxylic acids is 1. The highest BCUT2D eigenvalue weighted by molar-refractivity contribution is 7.87. The van der Waals surface area contributed by atoms with Crippen molar-refractivity contribution in [2.45, 2.75) is 44.4 Å². The van der Waals surface area contributed by atoms with E-state index in [1.54, 1.807) is 6.92 Å². The van der Waals surface area contributed by atoms with Gasteiger partial charge in [-0.3, -0.25) is 13.9 Å². The van der Waals surface area contributed by atoms with Crippen LogP contribution in [0.1, 0.15) is 39.0 Å². The van der Waals surface area contributed by atoms with Gasteiger partial charge in [-0.15, -0.1) is 0 Å². The summed E-state index contributed by atoms with van der Waals surface area (Å²) in [5.41, 5.74) is 0.443. The van der Waals surface area contributed by atoms with E-state index in [-0.39, 0.29) is 17.2 Å². The largest absolute Gasteiger partial charge is 0.477 e. The maximum absolute atomic E-state index is 12.2. The molecule has 0 aromatic rings. The molecule has 1 unspecified atom stereocenters.